The first-order valence-corrected chi connectivity index (χ1v) is 9.33. The second-order valence-corrected chi connectivity index (χ2v) is 7.16. The zero-order valence-corrected chi connectivity index (χ0v) is 14.2. The van der Waals surface area contributed by atoms with Crippen LogP contribution in [0.15, 0.2) is 18.3 Å². The lowest BCUT2D eigenvalue weighted by molar-refractivity contribution is 0.180. The van der Waals surface area contributed by atoms with Crippen molar-refractivity contribution in [2.75, 3.05) is 36.4 Å². The zero-order chi connectivity index (χ0) is 16.4. The number of hydrogen-bond acceptors (Lipinski definition) is 4. The molecule has 3 aliphatic rings. The molecular weight excluding hydrogens is 302 g/mol. The van der Waals surface area contributed by atoms with Gasteiger partial charge in [-0.1, -0.05) is 6.42 Å². The molecular formula is C18H27N5O. The van der Waals surface area contributed by atoms with Gasteiger partial charge in [0.1, 0.15) is 0 Å². The lowest BCUT2D eigenvalue weighted by Gasteiger charge is -2.32. The molecule has 130 valence electrons. The third kappa shape index (κ3) is 3.20. The quantitative estimate of drug-likeness (QED) is 0.894. The number of nitrogens with one attached hydrogen (secondary N) is 2. The highest BCUT2D eigenvalue weighted by Crippen LogP contribution is 2.28. The number of amides is 2. The second-order valence-electron chi connectivity index (χ2n) is 7.16. The lowest BCUT2D eigenvalue weighted by atomic mass is 9.99. The summed E-state index contributed by atoms with van der Waals surface area (Å²) in [5.74, 6) is 0.899. The number of fused-ring (bicyclic) bond motifs is 1. The summed E-state index contributed by atoms with van der Waals surface area (Å²) in [6.45, 7) is 4.34. The zero-order valence-electron chi connectivity index (χ0n) is 14.2. The van der Waals surface area contributed by atoms with E-state index in [0.29, 0.717) is 6.04 Å². The van der Waals surface area contributed by atoms with Crippen molar-refractivity contribution < 1.29 is 4.79 Å². The van der Waals surface area contributed by atoms with Crippen molar-refractivity contribution in [3.05, 3.63) is 18.3 Å². The molecule has 24 heavy (non-hydrogen) atoms. The predicted octanol–water partition coefficient (Wildman–Crippen LogP) is 2.43. The fourth-order valence-corrected chi connectivity index (χ4v) is 4.42. The van der Waals surface area contributed by atoms with Gasteiger partial charge in [-0.3, -0.25) is 4.90 Å². The van der Waals surface area contributed by atoms with E-state index in [1.807, 2.05) is 12.1 Å². The number of urea groups is 1. The molecule has 4 rings (SSSR count). The van der Waals surface area contributed by atoms with E-state index in [9.17, 15) is 4.79 Å². The average molecular weight is 329 g/mol. The van der Waals surface area contributed by atoms with Gasteiger partial charge < -0.3 is 15.5 Å². The largest absolute Gasteiger partial charge is 0.355 e. The van der Waals surface area contributed by atoms with E-state index in [1.54, 1.807) is 6.20 Å². The highest BCUT2D eigenvalue weighted by molar-refractivity contribution is 5.92. The van der Waals surface area contributed by atoms with Crippen LogP contribution < -0.4 is 15.5 Å². The van der Waals surface area contributed by atoms with Gasteiger partial charge in [0.2, 0.25) is 0 Å². The highest BCUT2D eigenvalue weighted by atomic mass is 16.2. The number of aromatic nitrogens is 1. The van der Waals surface area contributed by atoms with Crippen LogP contribution in [0.3, 0.4) is 0 Å². The van der Waals surface area contributed by atoms with Gasteiger partial charge in [-0.2, -0.15) is 0 Å². The smallest absolute Gasteiger partial charge is 0.319 e. The fraction of sp³-hybridized carbons (Fsp3) is 0.667. The van der Waals surface area contributed by atoms with Crippen LogP contribution in [0.2, 0.25) is 0 Å². The molecule has 2 unspecified atom stereocenters. The molecule has 3 aliphatic heterocycles. The highest BCUT2D eigenvalue weighted by Gasteiger charge is 2.36. The van der Waals surface area contributed by atoms with E-state index < -0.39 is 0 Å². The van der Waals surface area contributed by atoms with Crippen molar-refractivity contribution >= 4 is 17.5 Å². The molecule has 3 saturated heterocycles. The van der Waals surface area contributed by atoms with Gasteiger partial charge in [-0.05, 0) is 50.8 Å². The molecule has 0 radical (unpaired) electrons. The summed E-state index contributed by atoms with van der Waals surface area (Å²) in [5, 5.41) is 6.24. The summed E-state index contributed by atoms with van der Waals surface area (Å²) in [4.78, 5) is 21.8. The van der Waals surface area contributed by atoms with Gasteiger partial charge in [0.25, 0.3) is 0 Å². The molecule has 1 aromatic heterocycles. The van der Waals surface area contributed by atoms with Crippen LogP contribution in [0, 0.1) is 0 Å². The Morgan fingerprint density at radius 3 is 2.79 bits per heavy atom. The SMILES string of the molecule is O=C(Nc1cccnc1N1CCCC1)NC1CCN2CCCCC12. The Kier molecular flexibility index (Phi) is 4.56. The summed E-state index contributed by atoms with van der Waals surface area (Å²) in [6, 6.07) is 4.53. The summed E-state index contributed by atoms with van der Waals surface area (Å²) < 4.78 is 0. The number of nitrogens with zero attached hydrogens (tertiary/aromatic N) is 3. The van der Waals surface area contributed by atoms with Crippen molar-refractivity contribution in [1.29, 1.82) is 0 Å². The van der Waals surface area contributed by atoms with Crippen LogP contribution >= 0.6 is 0 Å². The lowest BCUT2D eigenvalue weighted by Crippen LogP contribution is -2.48. The summed E-state index contributed by atoms with van der Waals surface area (Å²) in [7, 11) is 0. The third-order valence-electron chi connectivity index (χ3n) is 5.61. The number of hydrogen-bond donors (Lipinski definition) is 2. The molecule has 6 heteroatoms. The Morgan fingerprint density at radius 2 is 1.92 bits per heavy atom. The Bertz CT molecular complexity index is 587. The molecule has 2 atom stereocenters. The van der Waals surface area contributed by atoms with Crippen molar-refractivity contribution in [2.45, 2.75) is 50.6 Å². The van der Waals surface area contributed by atoms with Crippen molar-refractivity contribution in [2.24, 2.45) is 0 Å². The molecule has 0 aliphatic carbocycles. The summed E-state index contributed by atoms with van der Waals surface area (Å²) >= 11 is 0. The first kappa shape index (κ1) is 15.7. The average Bonchev–Trinajstić information content (AvgIpc) is 3.26. The van der Waals surface area contributed by atoms with Crippen LogP contribution in [0.1, 0.15) is 38.5 Å². The predicted molar refractivity (Wildman–Crippen MR) is 95.5 cm³/mol. The number of rotatable bonds is 3. The number of carbonyl (C=O) groups excluding carboxylic acids is 1. The van der Waals surface area contributed by atoms with E-state index in [1.165, 1.54) is 38.6 Å². The number of pyridine rings is 1. The minimum atomic E-state index is -0.0964. The minimum Gasteiger partial charge on any atom is -0.355 e. The molecule has 4 heterocycles. The standard InChI is InChI=1S/C18H27N5O/c24-18(20-14-8-13-22-10-2-1-7-16(14)22)21-15-6-5-9-19-17(15)23-11-3-4-12-23/h5-6,9,14,16H,1-4,7-8,10-13H2,(H2,20,21,24). The van der Waals surface area contributed by atoms with Crippen LogP contribution in [0.25, 0.3) is 0 Å². The maximum Gasteiger partial charge on any atom is 0.319 e. The first-order chi connectivity index (χ1) is 11.8. The fourth-order valence-electron chi connectivity index (χ4n) is 4.42. The molecule has 0 spiro atoms. The molecule has 3 fully saturated rings. The van der Waals surface area contributed by atoms with E-state index in [0.717, 1.165) is 37.6 Å². The number of piperidine rings is 1. The molecule has 1 aromatic rings. The Balaban J connectivity index is 1.39. The summed E-state index contributed by atoms with van der Waals surface area (Å²) in [5.41, 5.74) is 0.815. The molecule has 0 aromatic carbocycles. The summed E-state index contributed by atoms with van der Waals surface area (Å²) in [6.07, 6.45) is 9.03. The van der Waals surface area contributed by atoms with Crippen LogP contribution in [-0.2, 0) is 0 Å². The monoisotopic (exact) mass is 329 g/mol. The van der Waals surface area contributed by atoms with E-state index in [-0.39, 0.29) is 12.1 Å². The van der Waals surface area contributed by atoms with Crippen LogP contribution in [-0.4, -0.2) is 54.2 Å². The van der Waals surface area contributed by atoms with Crippen LogP contribution in [0.4, 0.5) is 16.3 Å². The van der Waals surface area contributed by atoms with E-state index >= 15 is 0 Å². The topological polar surface area (TPSA) is 60.5 Å². The first-order valence-electron chi connectivity index (χ1n) is 9.33. The van der Waals surface area contributed by atoms with Gasteiger partial charge in [0.15, 0.2) is 5.82 Å². The van der Waals surface area contributed by atoms with Crippen molar-refractivity contribution in [3.63, 3.8) is 0 Å². The van der Waals surface area contributed by atoms with E-state index in [2.05, 4.69) is 25.4 Å². The molecule has 0 bridgehead atoms. The molecule has 0 saturated carbocycles. The number of anilines is 2. The second kappa shape index (κ2) is 6.97. The third-order valence-corrected chi connectivity index (χ3v) is 5.61. The maximum atomic E-state index is 12.5. The van der Waals surface area contributed by atoms with Gasteiger partial charge in [-0.25, -0.2) is 9.78 Å². The van der Waals surface area contributed by atoms with Gasteiger partial charge in [0.05, 0.1) is 5.69 Å². The van der Waals surface area contributed by atoms with Crippen molar-refractivity contribution in [3.8, 4) is 0 Å². The molecule has 6 nitrogen and oxygen atoms in total. The Morgan fingerprint density at radius 1 is 1.08 bits per heavy atom. The van der Waals surface area contributed by atoms with E-state index in [4.69, 9.17) is 0 Å². The number of carbonyl (C=O) groups is 1. The van der Waals surface area contributed by atoms with Crippen LogP contribution in [0.5, 0.6) is 0 Å². The Labute approximate surface area is 143 Å². The molecule has 2 amide bonds. The Hall–Kier alpha value is -1.82. The van der Waals surface area contributed by atoms with Crippen molar-refractivity contribution in [1.82, 2.24) is 15.2 Å². The van der Waals surface area contributed by atoms with Gasteiger partial charge >= 0.3 is 6.03 Å². The molecule has 2 N–H and O–H groups in total. The normalized spacial score (nSPS) is 27.1. The van der Waals surface area contributed by atoms with Gasteiger partial charge in [0, 0.05) is 37.9 Å². The maximum absolute atomic E-state index is 12.5. The minimum absolute atomic E-state index is 0.0964. The van der Waals surface area contributed by atoms with Gasteiger partial charge in [-0.15, -0.1) is 0 Å².